The third-order valence-electron chi connectivity index (χ3n) is 4.26. The van der Waals surface area contributed by atoms with Gasteiger partial charge in [0, 0.05) is 10.9 Å². The highest BCUT2D eigenvalue weighted by Gasteiger charge is 2.61. The number of ether oxygens (including phenoxy) is 1. The molecule has 0 saturated heterocycles. The number of carbonyl (C=O) groups excluding carboxylic acids is 1. The summed E-state index contributed by atoms with van der Waals surface area (Å²) >= 11 is 11.9. The van der Waals surface area contributed by atoms with Crippen LogP contribution in [0.5, 0.6) is 5.75 Å². The van der Waals surface area contributed by atoms with Crippen molar-refractivity contribution >= 4 is 34.8 Å². The quantitative estimate of drug-likeness (QED) is 0.863. The molecule has 2 aromatic rings. The summed E-state index contributed by atoms with van der Waals surface area (Å²) in [5, 5.41) is 13.1. The topological polar surface area (TPSA) is 62.1 Å². The van der Waals surface area contributed by atoms with Gasteiger partial charge in [0.2, 0.25) is 5.91 Å². The molecule has 2 atom stereocenters. The van der Waals surface area contributed by atoms with E-state index in [-0.39, 0.29) is 11.8 Å². The molecule has 0 aliphatic heterocycles. The molecule has 1 fully saturated rings. The summed E-state index contributed by atoms with van der Waals surface area (Å²) in [5.41, 5.74) is 0.313. The van der Waals surface area contributed by atoms with Gasteiger partial charge in [-0.2, -0.15) is 5.26 Å². The lowest BCUT2D eigenvalue weighted by atomic mass is 9.99. The van der Waals surface area contributed by atoms with Crippen molar-refractivity contribution in [2.45, 2.75) is 12.3 Å². The first kappa shape index (κ1) is 16.6. The Morgan fingerprint density at radius 1 is 1.29 bits per heavy atom. The van der Waals surface area contributed by atoms with Gasteiger partial charge in [-0.15, -0.1) is 0 Å². The van der Waals surface area contributed by atoms with Crippen LogP contribution in [-0.4, -0.2) is 13.0 Å². The summed E-state index contributed by atoms with van der Waals surface area (Å²) in [6.07, 6.45) is 0.479. The second-order valence-corrected chi connectivity index (χ2v) is 6.53. The number of carbonyl (C=O) groups is 1. The Balaban J connectivity index is 1.79. The molecule has 0 radical (unpaired) electrons. The minimum Gasteiger partial charge on any atom is -0.497 e. The average molecular weight is 361 g/mol. The molecule has 0 spiro atoms. The highest BCUT2D eigenvalue weighted by molar-refractivity contribution is 6.36. The number of halogens is 2. The van der Waals surface area contributed by atoms with Crippen molar-refractivity contribution in [2.24, 2.45) is 5.41 Å². The van der Waals surface area contributed by atoms with Gasteiger partial charge in [-0.3, -0.25) is 4.79 Å². The van der Waals surface area contributed by atoms with Crippen molar-refractivity contribution in [3.05, 3.63) is 58.1 Å². The van der Waals surface area contributed by atoms with Crippen LogP contribution in [0.2, 0.25) is 10.0 Å². The lowest BCUT2D eigenvalue weighted by Gasteiger charge is -2.12. The van der Waals surface area contributed by atoms with E-state index in [0.717, 1.165) is 11.3 Å². The Kier molecular flexibility index (Phi) is 4.40. The zero-order valence-electron chi connectivity index (χ0n) is 12.8. The zero-order chi connectivity index (χ0) is 17.3. The summed E-state index contributed by atoms with van der Waals surface area (Å²) in [5.74, 6) is 0.244. The third-order valence-corrected chi connectivity index (χ3v) is 4.81. The van der Waals surface area contributed by atoms with E-state index in [1.54, 1.807) is 25.3 Å². The van der Waals surface area contributed by atoms with Gasteiger partial charge in [-0.25, -0.2) is 0 Å². The minimum atomic E-state index is -1.07. The Bertz CT molecular complexity index is 830. The van der Waals surface area contributed by atoms with Crippen molar-refractivity contribution in [2.75, 3.05) is 12.4 Å². The van der Waals surface area contributed by atoms with Crippen molar-refractivity contribution in [1.82, 2.24) is 0 Å². The normalized spacial score (nSPS) is 21.7. The predicted octanol–water partition coefficient (Wildman–Crippen LogP) is 4.64. The first-order valence-electron chi connectivity index (χ1n) is 7.32. The molecule has 4 nitrogen and oxygen atoms in total. The number of amides is 1. The fourth-order valence-electron chi connectivity index (χ4n) is 2.75. The van der Waals surface area contributed by atoms with Crippen molar-refractivity contribution in [1.29, 1.82) is 5.26 Å². The number of hydrogen-bond donors (Lipinski definition) is 1. The molecule has 1 aliphatic carbocycles. The Labute approximate surface area is 149 Å². The van der Waals surface area contributed by atoms with Crippen LogP contribution in [0.25, 0.3) is 0 Å². The average Bonchev–Trinajstić information content (AvgIpc) is 3.33. The standard InChI is InChI=1S/C18H14Cl2N2O2/c1-24-13-5-2-11(3-6-13)14-9-18(14,10-21)17(23)22-16-7-4-12(19)8-15(16)20/h2-8,14H,9H2,1H3,(H,22,23)/t14-,18+/m0/s1. The summed E-state index contributed by atoms with van der Waals surface area (Å²) in [7, 11) is 1.59. The number of benzene rings is 2. The number of nitriles is 1. The molecule has 1 aliphatic rings. The van der Waals surface area contributed by atoms with E-state index >= 15 is 0 Å². The van der Waals surface area contributed by atoms with Gasteiger partial charge < -0.3 is 10.1 Å². The highest BCUT2D eigenvalue weighted by atomic mass is 35.5. The first-order chi connectivity index (χ1) is 11.5. The maximum Gasteiger partial charge on any atom is 0.245 e. The zero-order valence-corrected chi connectivity index (χ0v) is 14.4. The molecule has 0 unspecified atom stereocenters. The second kappa shape index (κ2) is 6.35. The van der Waals surface area contributed by atoms with Gasteiger partial charge in [0.1, 0.15) is 11.2 Å². The molecular weight excluding hydrogens is 347 g/mol. The van der Waals surface area contributed by atoms with E-state index in [1.165, 1.54) is 0 Å². The smallest absolute Gasteiger partial charge is 0.245 e. The molecule has 2 aromatic carbocycles. The van der Waals surface area contributed by atoms with Crippen LogP contribution < -0.4 is 10.1 Å². The number of rotatable bonds is 4. The monoisotopic (exact) mass is 360 g/mol. The predicted molar refractivity (Wildman–Crippen MR) is 93.5 cm³/mol. The largest absolute Gasteiger partial charge is 0.497 e. The van der Waals surface area contributed by atoms with E-state index in [9.17, 15) is 10.1 Å². The molecule has 1 saturated carbocycles. The molecule has 3 rings (SSSR count). The molecule has 122 valence electrons. The fraction of sp³-hybridized carbons (Fsp3) is 0.222. The summed E-state index contributed by atoms with van der Waals surface area (Å²) in [4.78, 5) is 12.6. The Morgan fingerprint density at radius 2 is 2.00 bits per heavy atom. The second-order valence-electron chi connectivity index (χ2n) is 5.69. The van der Waals surface area contributed by atoms with Crippen LogP contribution in [-0.2, 0) is 4.79 Å². The molecule has 0 aromatic heterocycles. The maximum absolute atomic E-state index is 12.6. The number of anilines is 1. The van der Waals surface area contributed by atoms with Gasteiger partial charge in [0.25, 0.3) is 0 Å². The molecule has 0 bridgehead atoms. The van der Waals surface area contributed by atoms with Gasteiger partial charge in [0.15, 0.2) is 0 Å². The van der Waals surface area contributed by atoms with Crippen LogP contribution in [0.4, 0.5) is 5.69 Å². The van der Waals surface area contributed by atoms with Crippen LogP contribution in [0.15, 0.2) is 42.5 Å². The van der Waals surface area contributed by atoms with Crippen molar-refractivity contribution < 1.29 is 9.53 Å². The summed E-state index contributed by atoms with van der Waals surface area (Å²) in [6, 6.07) is 14.4. The van der Waals surface area contributed by atoms with E-state index < -0.39 is 5.41 Å². The molecule has 0 heterocycles. The fourth-order valence-corrected chi connectivity index (χ4v) is 3.21. The lowest BCUT2D eigenvalue weighted by Crippen LogP contribution is -2.24. The Hall–Kier alpha value is -2.22. The molecule has 1 N–H and O–H groups in total. The molecule has 24 heavy (non-hydrogen) atoms. The first-order valence-corrected chi connectivity index (χ1v) is 8.07. The number of nitrogens with one attached hydrogen (secondary N) is 1. The minimum absolute atomic E-state index is 0.139. The lowest BCUT2D eigenvalue weighted by molar-refractivity contribution is -0.119. The van der Waals surface area contributed by atoms with E-state index in [2.05, 4.69) is 11.4 Å². The van der Waals surface area contributed by atoms with E-state index in [4.69, 9.17) is 27.9 Å². The van der Waals surface area contributed by atoms with Crippen LogP contribution in [0.3, 0.4) is 0 Å². The van der Waals surface area contributed by atoms with Crippen LogP contribution >= 0.6 is 23.2 Å². The SMILES string of the molecule is COc1ccc([C@@H]2C[C@]2(C#N)C(=O)Nc2ccc(Cl)cc2Cl)cc1. The number of methoxy groups -OCH3 is 1. The van der Waals surface area contributed by atoms with Gasteiger partial charge in [-0.05, 0) is 42.3 Å². The number of nitrogens with zero attached hydrogens (tertiary/aromatic N) is 1. The van der Waals surface area contributed by atoms with Crippen molar-refractivity contribution in [3.63, 3.8) is 0 Å². The summed E-state index contributed by atoms with van der Waals surface area (Å²) in [6.45, 7) is 0. The van der Waals surface area contributed by atoms with E-state index in [0.29, 0.717) is 22.2 Å². The Morgan fingerprint density at radius 3 is 2.58 bits per heavy atom. The van der Waals surface area contributed by atoms with Gasteiger partial charge >= 0.3 is 0 Å². The molecule has 1 amide bonds. The molecule has 6 heteroatoms. The number of hydrogen-bond acceptors (Lipinski definition) is 3. The van der Waals surface area contributed by atoms with Crippen LogP contribution in [0, 0.1) is 16.7 Å². The molecular formula is C18H14Cl2N2O2. The van der Waals surface area contributed by atoms with Crippen LogP contribution in [0.1, 0.15) is 17.9 Å². The third kappa shape index (κ3) is 2.93. The van der Waals surface area contributed by atoms with E-state index in [1.807, 2.05) is 24.3 Å². The van der Waals surface area contributed by atoms with Gasteiger partial charge in [-0.1, -0.05) is 35.3 Å². The highest BCUT2D eigenvalue weighted by Crippen LogP contribution is 2.59. The maximum atomic E-state index is 12.6. The summed E-state index contributed by atoms with van der Waals surface area (Å²) < 4.78 is 5.13. The van der Waals surface area contributed by atoms with Crippen molar-refractivity contribution in [3.8, 4) is 11.8 Å². The van der Waals surface area contributed by atoms with Gasteiger partial charge in [0.05, 0.1) is 23.9 Å².